The van der Waals surface area contributed by atoms with Crippen molar-refractivity contribution in [2.45, 2.75) is 23.8 Å². The van der Waals surface area contributed by atoms with Gasteiger partial charge < -0.3 is 4.90 Å². The zero-order valence-electron chi connectivity index (χ0n) is 15.5. The molecule has 2 aliphatic rings. The Hall–Kier alpha value is -2.98. The zero-order valence-corrected chi connectivity index (χ0v) is 16.3. The third-order valence-electron chi connectivity index (χ3n) is 5.10. The second-order valence-corrected chi connectivity index (χ2v) is 9.10. The van der Waals surface area contributed by atoms with E-state index < -0.39 is 10.0 Å². The van der Waals surface area contributed by atoms with E-state index >= 15 is 0 Å². The zero-order chi connectivity index (χ0) is 20.0. The molecule has 10 heteroatoms. The lowest BCUT2D eigenvalue weighted by molar-refractivity contribution is -0.117. The van der Waals surface area contributed by atoms with Crippen molar-refractivity contribution in [2.24, 2.45) is 5.92 Å². The van der Waals surface area contributed by atoms with E-state index in [1.807, 2.05) is 23.1 Å². The predicted molar refractivity (Wildman–Crippen MR) is 107 cm³/mol. The molecule has 0 bridgehead atoms. The minimum Gasteiger partial charge on any atom is -0.353 e. The number of sulfonamides is 1. The quantitative estimate of drug-likeness (QED) is 0.631. The topological polar surface area (TPSA) is 109 Å². The molecule has 3 heterocycles. The van der Waals surface area contributed by atoms with Crippen LogP contribution in [0.5, 0.6) is 0 Å². The monoisotopic (exact) mass is 412 g/mol. The highest BCUT2D eigenvalue weighted by atomic mass is 32.2. The standard InChI is InChI=1S/C19H20N6O3S/c26-18(13-9-10-13)21-19-20-16-7-4-8-17(25(16)22-19)24-11-14(12-24)23-29(27,28)15-5-2-1-3-6-15/h1-8,13-14,23H,9-12H2,(H,21,22,26). The summed E-state index contributed by atoms with van der Waals surface area (Å²) >= 11 is 0. The molecule has 0 spiro atoms. The third kappa shape index (κ3) is 3.56. The molecular weight excluding hydrogens is 392 g/mol. The molecular formula is C19H20N6O3S. The van der Waals surface area contributed by atoms with Gasteiger partial charge in [-0.2, -0.15) is 9.50 Å². The van der Waals surface area contributed by atoms with Crippen molar-refractivity contribution < 1.29 is 13.2 Å². The van der Waals surface area contributed by atoms with Crippen LogP contribution in [0, 0.1) is 5.92 Å². The van der Waals surface area contributed by atoms with Crippen molar-refractivity contribution in [3.63, 3.8) is 0 Å². The van der Waals surface area contributed by atoms with Gasteiger partial charge >= 0.3 is 0 Å². The fourth-order valence-electron chi connectivity index (χ4n) is 3.37. The first kappa shape index (κ1) is 18.1. The summed E-state index contributed by atoms with van der Waals surface area (Å²) in [6.45, 7) is 1.05. The second kappa shape index (κ2) is 6.82. The van der Waals surface area contributed by atoms with Crippen LogP contribution in [0.3, 0.4) is 0 Å². The van der Waals surface area contributed by atoms with Gasteiger partial charge in [-0.15, -0.1) is 5.10 Å². The summed E-state index contributed by atoms with van der Waals surface area (Å²) < 4.78 is 29.3. The molecule has 29 heavy (non-hydrogen) atoms. The van der Waals surface area contributed by atoms with Gasteiger partial charge in [0.2, 0.25) is 21.9 Å². The highest BCUT2D eigenvalue weighted by molar-refractivity contribution is 7.89. The largest absolute Gasteiger partial charge is 0.353 e. The van der Waals surface area contributed by atoms with Crippen LogP contribution < -0.4 is 14.9 Å². The molecule has 1 aromatic carbocycles. The fraction of sp³-hybridized carbons (Fsp3) is 0.316. The molecule has 1 saturated heterocycles. The number of hydrogen-bond donors (Lipinski definition) is 2. The van der Waals surface area contributed by atoms with Crippen molar-refractivity contribution in [2.75, 3.05) is 23.3 Å². The average molecular weight is 412 g/mol. The van der Waals surface area contributed by atoms with Crippen molar-refractivity contribution in [3.8, 4) is 0 Å². The number of rotatable bonds is 6. The van der Waals surface area contributed by atoms with E-state index in [0.29, 0.717) is 18.7 Å². The maximum atomic E-state index is 12.5. The van der Waals surface area contributed by atoms with Gasteiger partial charge in [-0.05, 0) is 37.1 Å². The number of nitrogens with zero attached hydrogens (tertiary/aromatic N) is 4. The highest BCUT2D eigenvalue weighted by Gasteiger charge is 2.33. The summed E-state index contributed by atoms with van der Waals surface area (Å²) in [5, 5.41) is 7.17. The Balaban J connectivity index is 1.29. The summed E-state index contributed by atoms with van der Waals surface area (Å²) in [4.78, 5) is 18.6. The van der Waals surface area contributed by atoms with Gasteiger partial charge in [-0.25, -0.2) is 13.1 Å². The Morgan fingerprint density at radius 3 is 2.52 bits per heavy atom. The highest BCUT2D eigenvalue weighted by Crippen LogP contribution is 2.30. The molecule has 0 radical (unpaired) electrons. The SMILES string of the molecule is O=C(Nc1nc2cccc(N3CC(NS(=O)(=O)c4ccccc4)C3)n2n1)C1CC1. The van der Waals surface area contributed by atoms with Crippen LogP contribution in [0.25, 0.3) is 5.65 Å². The van der Waals surface area contributed by atoms with Crippen molar-refractivity contribution in [1.82, 2.24) is 19.3 Å². The molecule has 2 N–H and O–H groups in total. The molecule has 0 unspecified atom stereocenters. The van der Waals surface area contributed by atoms with Crippen LogP contribution in [-0.2, 0) is 14.8 Å². The van der Waals surface area contributed by atoms with Crippen LogP contribution in [0.4, 0.5) is 11.8 Å². The summed E-state index contributed by atoms with van der Waals surface area (Å²) in [5.74, 6) is 1.13. The van der Waals surface area contributed by atoms with Crippen LogP contribution in [0.2, 0.25) is 0 Å². The van der Waals surface area contributed by atoms with Crippen molar-refractivity contribution >= 4 is 33.3 Å². The number of anilines is 2. The molecule has 2 aromatic heterocycles. The molecule has 5 rings (SSSR count). The van der Waals surface area contributed by atoms with Crippen molar-refractivity contribution in [3.05, 3.63) is 48.5 Å². The van der Waals surface area contributed by atoms with Gasteiger partial charge in [-0.3, -0.25) is 10.1 Å². The number of nitrogens with one attached hydrogen (secondary N) is 2. The third-order valence-corrected chi connectivity index (χ3v) is 6.64. The maximum absolute atomic E-state index is 12.5. The Morgan fingerprint density at radius 2 is 1.79 bits per heavy atom. The summed E-state index contributed by atoms with van der Waals surface area (Å²) in [6, 6.07) is 13.7. The minimum atomic E-state index is -3.54. The van der Waals surface area contributed by atoms with E-state index in [-0.39, 0.29) is 28.7 Å². The molecule has 0 atom stereocenters. The van der Waals surface area contributed by atoms with Gasteiger partial charge in [0.05, 0.1) is 10.9 Å². The summed E-state index contributed by atoms with van der Waals surface area (Å²) in [6.07, 6.45) is 1.83. The molecule has 2 fully saturated rings. The smallest absolute Gasteiger partial charge is 0.249 e. The molecule has 9 nitrogen and oxygen atoms in total. The van der Waals surface area contributed by atoms with E-state index in [9.17, 15) is 13.2 Å². The van der Waals surface area contributed by atoms with E-state index in [0.717, 1.165) is 18.7 Å². The second-order valence-electron chi connectivity index (χ2n) is 7.39. The van der Waals surface area contributed by atoms with Gasteiger partial charge in [0.15, 0.2) is 5.65 Å². The fourth-order valence-corrected chi connectivity index (χ4v) is 4.61. The number of pyridine rings is 1. The number of benzene rings is 1. The van der Waals surface area contributed by atoms with E-state index in [1.54, 1.807) is 34.8 Å². The van der Waals surface area contributed by atoms with Gasteiger partial charge in [0.1, 0.15) is 5.82 Å². The summed E-state index contributed by atoms with van der Waals surface area (Å²) in [5.41, 5.74) is 0.627. The molecule has 150 valence electrons. The van der Waals surface area contributed by atoms with E-state index in [4.69, 9.17) is 0 Å². The number of amides is 1. The lowest BCUT2D eigenvalue weighted by Crippen LogP contribution is -2.59. The number of fused-ring (bicyclic) bond motifs is 1. The Bertz CT molecular complexity index is 1170. The first-order valence-electron chi connectivity index (χ1n) is 9.48. The van der Waals surface area contributed by atoms with Crippen LogP contribution in [-0.4, -0.2) is 48.1 Å². The molecule has 1 amide bonds. The molecule has 3 aromatic rings. The summed E-state index contributed by atoms with van der Waals surface area (Å²) in [7, 11) is -3.54. The first-order valence-corrected chi connectivity index (χ1v) is 11.0. The number of carbonyl (C=O) groups excluding carboxylic acids is 1. The van der Waals surface area contributed by atoms with Crippen LogP contribution in [0.15, 0.2) is 53.4 Å². The van der Waals surface area contributed by atoms with E-state index in [2.05, 4.69) is 20.1 Å². The average Bonchev–Trinajstić information content (AvgIpc) is 3.45. The Kier molecular flexibility index (Phi) is 4.25. The van der Waals surface area contributed by atoms with Gasteiger partial charge in [0, 0.05) is 19.0 Å². The van der Waals surface area contributed by atoms with Gasteiger partial charge in [-0.1, -0.05) is 24.3 Å². The molecule has 1 saturated carbocycles. The number of aromatic nitrogens is 3. The first-order chi connectivity index (χ1) is 14.0. The Morgan fingerprint density at radius 1 is 1.03 bits per heavy atom. The maximum Gasteiger partial charge on any atom is 0.249 e. The van der Waals surface area contributed by atoms with E-state index in [1.165, 1.54) is 0 Å². The van der Waals surface area contributed by atoms with Crippen LogP contribution >= 0.6 is 0 Å². The lowest BCUT2D eigenvalue weighted by Gasteiger charge is -2.40. The molecule has 1 aliphatic carbocycles. The molecule has 1 aliphatic heterocycles. The predicted octanol–water partition coefficient (Wildman–Crippen LogP) is 1.24. The van der Waals surface area contributed by atoms with Gasteiger partial charge in [0.25, 0.3) is 0 Å². The van der Waals surface area contributed by atoms with Crippen molar-refractivity contribution in [1.29, 1.82) is 0 Å². The Labute approximate surface area is 167 Å². The number of hydrogen-bond acceptors (Lipinski definition) is 6. The lowest BCUT2D eigenvalue weighted by atomic mass is 10.1. The van der Waals surface area contributed by atoms with Crippen LogP contribution in [0.1, 0.15) is 12.8 Å². The normalized spacial score (nSPS) is 17.3. The minimum absolute atomic E-state index is 0.0400. The number of carbonyl (C=O) groups is 1.